The summed E-state index contributed by atoms with van der Waals surface area (Å²) < 4.78 is 0. The molecule has 0 saturated heterocycles. The summed E-state index contributed by atoms with van der Waals surface area (Å²) in [6.07, 6.45) is 0.681. The number of aryl methyl sites for hydroxylation is 1. The van der Waals surface area contributed by atoms with Crippen molar-refractivity contribution in [2.75, 3.05) is 5.32 Å². The quantitative estimate of drug-likeness (QED) is 0.531. The lowest BCUT2D eigenvalue weighted by molar-refractivity contribution is -0.384. The third-order valence-electron chi connectivity index (χ3n) is 3.03. The maximum absolute atomic E-state index is 12.1. The van der Waals surface area contributed by atoms with Crippen LogP contribution in [0.15, 0.2) is 42.5 Å². The lowest BCUT2D eigenvalue weighted by Gasteiger charge is -2.09. The molecular formula is C15H12N2O4. The van der Waals surface area contributed by atoms with Crippen molar-refractivity contribution in [3.8, 4) is 0 Å². The van der Waals surface area contributed by atoms with Crippen LogP contribution in [0.2, 0.25) is 0 Å². The molecule has 1 N–H and O–H groups in total. The van der Waals surface area contributed by atoms with Crippen molar-refractivity contribution in [3.63, 3.8) is 0 Å². The number of nitro groups is 1. The van der Waals surface area contributed by atoms with Gasteiger partial charge in [0.15, 0.2) is 6.29 Å². The molecule has 0 atom stereocenters. The Kier molecular flexibility index (Phi) is 4.08. The van der Waals surface area contributed by atoms with Gasteiger partial charge in [0.2, 0.25) is 0 Å². The molecule has 2 aromatic rings. The van der Waals surface area contributed by atoms with Crippen molar-refractivity contribution in [1.82, 2.24) is 0 Å². The van der Waals surface area contributed by atoms with Gasteiger partial charge in [0.05, 0.1) is 10.6 Å². The zero-order chi connectivity index (χ0) is 15.4. The van der Waals surface area contributed by atoms with Gasteiger partial charge < -0.3 is 5.32 Å². The van der Waals surface area contributed by atoms with Crippen LogP contribution in [0.25, 0.3) is 0 Å². The van der Waals surface area contributed by atoms with E-state index in [1.807, 2.05) is 0 Å². The van der Waals surface area contributed by atoms with Gasteiger partial charge in [0.25, 0.3) is 11.6 Å². The van der Waals surface area contributed by atoms with Crippen LogP contribution in [0.3, 0.4) is 0 Å². The highest BCUT2D eigenvalue weighted by Gasteiger charge is 2.12. The molecule has 0 heterocycles. The van der Waals surface area contributed by atoms with Gasteiger partial charge in [0, 0.05) is 23.3 Å². The van der Waals surface area contributed by atoms with Crippen LogP contribution >= 0.6 is 0 Å². The molecule has 2 rings (SSSR count). The summed E-state index contributed by atoms with van der Waals surface area (Å²) in [5.74, 6) is -0.432. The molecule has 2 aromatic carbocycles. The summed E-state index contributed by atoms with van der Waals surface area (Å²) in [4.78, 5) is 33.2. The summed E-state index contributed by atoms with van der Waals surface area (Å²) in [5, 5.41) is 13.2. The number of anilines is 1. The Morgan fingerprint density at radius 1 is 1.19 bits per heavy atom. The van der Waals surface area contributed by atoms with Gasteiger partial charge in [-0.2, -0.15) is 0 Å². The molecule has 0 spiro atoms. The number of hydrogen-bond donors (Lipinski definition) is 1. The van der Waals surface area contributed by atoms with Crippen LogP contribution in [0.4, 0.5) is 11.4 Å². The number of nitrogens with one attached hydrogen (secondary N) is 1. The second kappa shape index (κ2) is 5.96. The standard InChI is InChI=1S/C15H12N2O4/c1-10-3-2-4-14(13(10)9-18)16-15(19)11-5-7-12(8-6-11)17(20)21/h2-9H,1H3,(H,16,19). The number of rotatable bonds is 4. The molecule has 0 aromatic heterocycles. The number of benzene rings is 2. The largest absolute Gasteiger partial charge is 0.321 e. The zero-order valence-electron chi connectivity index (χ0n) is 11.2. The fourth-order valence-electron chi connectivity index (χ4n) is 1.88. The second-order valence-electron chi connectivity index (χ2n) is 4.41. The lowest BCUT2D eigenvalue weighted by atomic mass is 10.1. The average Bonchev–Trinajstić information content (AvgIpc) is 2.47. The van der Waals surface area contributed by atoms with Crippen molar-refractivity contribution in [3.05, 3.63) is 69.3 Å². The molecule has 6 nitrogen and oxygen atoms in total. The first-order valence-corrected chi connectivity index (χ1v) is 6.13. The van der Waals surface area contributed by atoms with E-state index in [2.05, 4.69) is 5.32 Å². The number of non-ortho nitro benzene ring substituents is 1. The summed E-state index contributed by atoms with van der Waals surface area (Å²) in [7, 11) is 0. The van der Waals surface area contributed by atoms with Crippen molar-refractivity contribution in [2.45, 2.75) is 6.92 Å². The Morgan fingerprint density at radius 3 is 2.43 bits per heavy atom. The van der Waals surface area contributed by atoms with Crippen molar-refractivity contribution in [1.29, 1.82) is 0 Å². The summed E-state index contributed by atoms with van der Waals surface area (Å²) >= 11 is 0. The minimum Gasteiger partial charge on any atom is -0.321 e. The molecule has 0 fully saturated rings. The highest BCUT2D eigenvalue weighted by molar-refractivity contribution is 6.06. The monoisotopic (exact) mass is 284 g/mol. The zero-order valence-corrected chi connectivity index (χ0v) is 11.2. The van der Waals surface area contributed by atoms with Gasteiger partial charge in [0.1, 0.15) is 0 Å². The normalized spacial score (nSPS) is 9.95. The minimum absolute atomic E-state index is 0.0873. The molecule has 0 aliphatic rings. The first kappa shape index (κ1) is 14.4. The number of carbonyl (C=O) groups is 2. The predicted octanol–water partition coefficient (Wildman–Crippen LogP) is 2.97. The van der Waals surface area contributed by atoms with Gasteiger partial charge in [-0.05, 0) is 30.7 Å². The van der Waals surface area contributed by atoms with E-state index in [9.17, 15) is 19.7 Å². The van der Waals surface area contributed by atoms with Gasteiger partial charge >= 0.3 is 0 Å². The molecule has 106 valence electrons. The predicted molar refractivity (Wildman–Crippen MR) is 77.6 cm³/mol. The first-order chi connectivity index (χ1) is 10.0. The van der Waals surface area contributed by atoms with Crippen LogP contribution < -0.4 is 5.32 Å². The number of amides is 1. The van der Waals surface area contributed by atoms with Crippen LogP contribution in [0.1, 0.15) is 26.3 Å². The molecule has 21 heavy (non-hydrogen) atoms. The third-order valence-corrected chi connectivity index (χ3v) is 3.03. The van der Waals surface area contributed by atoms with E-state index in [0.717, 1.165) is 5.56 Å². The van der Waals surface area contributed by atoms with Crippen LogP contribution in [-0.2, 0) is 0 Å². The highest BCUT2D eigenvalue weighted by atomic mass is 16.6. The van der Waals surface area contributed by atoms with E-state index < -0.39 is 10.8 Å². The maximum Gasteiger partial charge on any atom is 0.269 e. The van der Waals surface area contributed by atoms with Gasteiger partial charge in [-0.15, -0.1) is 0 Å². The van der Waals surface area contributed by atoms with Gasteiger partial charge in [-0.1, -0.05) is 12.1 Å². The fraction of sp³-hybridized carbons (Fsp3) is 0.0667. The fourth-order valence-corrected chi connectivity index (χ4v) is 1.88. The van der Waals surface area contributed by atoms with Crippen LogP contribution in [0, 0.1) is 17.0 Å². The molecule has 6 heteroatoms. The van der Waals surface area contributed by atoms with E-state index in [1.54, 1.807) is 25.1 Å². The number of carbonyl (C=O) groups excluding carboxylic acids is 2. The Bertz CT molecular complexity index is 708. The van der Waals surface area contributed by atoms with Gasteiger partial charge in [-0.3, -0.25) is 19.7 Å². The lowest BCUT2D eigenvalue weighted by Crippen LogP contribution is -2.13. The molecule has 0 unspecified atom stereocenters. The van der Waals surface area contributed by atoms with Crippen molar-refractivity contribution < 1.29 is 14.5 Å². The molecule has 0 saturated carbocycles. The number of nitro benzene ring substituents is 1. The summed E-state index contributed by atoms with van der Waals surface area (Å²) in [6, 6.07) is 10.4. The van der Waals surface area contributed by atoms with E-state index in [0.29, 0.717) is 17.5 Å². The number of hydrogen-bond acceptors (Lipinski definition) is 4. The van der Waals surface area contributed by atoms with E-state index in [4.69, 9.17) is 0 Å². The molecule has 0 aliphatic carbocycles. The van der Waals surface area contributed by atoms with E-state index >= 15 is 0 Å². The summed E-state index contributed by atoms with van der Waals surface area (Å²) in [5.41, 5.74) is 1.77. The molecule has 0 bridgehead atoms. The topological polar surface area (TPSA) is 89.3 Å². The smallest absolute Gasteiger partial charge is 0.269 e. The minimum atomic E-state index is -0.535. The van der Waals surface area contributed by atoms with Crippen LogP contribution in [-0.4, -0.2) is 17.1 Å². The first-order valence-electron chi connectivity index (χ1n) is 6.13. The Labute approximate surface area is 120 Å². The molecular weight excluding hydrogens is 272 g/mol. The average molecular weight is 284 g/mol. The van der Waals surface area contributed by atoms with Crippen molar-refractivity contribution >= 4 is 23.6 Å². The Hall–Kier alpha value is -3.02. The third kappa shape index (κ3) is 3.11. The summed E-state index contributed by atoms with van der Waals surface area (Å²) in [6.45, 7) is 1.77. The maximum atomic E-state index is 12.1. The SMILES string of the molecule is Cc1cccc(NC(=O)c2ccc([N+](=O)[O-])cc2)c1C=O. The van der Waals surface area contributed by atoms with Crippen LogP contribution in [0.5, 0.6) is 0 Å². The Balaban J connectivity index is 2.24. The Morgan fingerprint density at radius 2 is 1.86 bits per heavy atom. The second-order valence-corrected chi connectivity index (χ2v) is 4.41. The molecule has 1 amide bonds. The van der Waals surface area contributed by atoms with E-state index in [-0.39, 0.29) is 11.3 Å². The molecule has 0 radical (unpaired) electrons. The number of nitrogens with zero attached hydrogens (tertiary/aromatic N) is 1. The number of aldehydes is 1. The highest BCUT2D eigenvalue weighted by Crippen LogP contribution is 2.19. The van der Waals surface area contributed by atoms with Gasteiger partial charge in [-0.25, -0.2) is 0 Å². The van der Waals surface area contributed by atoms with E-state index in [1.165, 1.54) is 24.3 Å². The molecule has 0 aliphatic heterocycles. The van der Waals surface area contributed by atoms with Crippen molar-refractivity contribution in [2.24, 2.45) is 0 Å².